The highest BCUT2D eigenvalue weighted by Gasteiger charge is 2.47. The average Bonchev–Trinajstić information content (AvgIpc) is 2.95. The predicted octanol–water partition coefficient (Wildman–Crippen LogP) is 0.570. The third kappa shape index (κ3) is 2.73. The summed E-state index contributed by atoms with van der Waals surface area (Å²) >= 11 is 5.14. The summed E-state index contributed by atoms with van der Waals surface area (Å²) in [6.07, 6.45) is 4.35. The summed E-state index contributed by atoms with van der Waals surface area (Å²) < 4.78 is 0. The molecule has 1 saturated carbocycles. The lowest BCUT2D eigenvalue weighted by molar-refractivity contribution is -0.137. The number of carbonyl (C=O) groups is 2. The molecule has 2 aliphatic rings. The fourth-order valence-corrected chi connectivity index (χ4v) is 3.49. The summed E-state index contributed by atoms with van der Waals surface area (Å²) in [6.45, 7) is 2.74. The van der Waals surface area contributed by atoms with Crippen molar-refractivity contribution < 1.29 is 9.59 Å². The highest BCUT2D eigenvalue weighted by molar-refractivity contribution is 7.80. The maximum absolute atomic E-state index is 12.7. The molecule has 2 fully saturated rings. The van der Waals surface area contributed by atoms with E-state index in [-0.39, 0.29) is 17.9 Å². The first kappa shape index (κ1) is 14.2. The number of nitrogens with one attached hydrogen (secondary N) is 1. The van der Waals surface area contributed by atoms with E-state index < -0.39 is 5.41 Å². The van der Waals surface area contributed by atoms with Crippen LogP contribution in [0.4, 0.5) is 0 Å². The molecule has 1 unspecified atom stereocenters. The minimum atomic E-state index is -0.625. The second kappa shape index (κ2) is 5.45. The first-order valence-electron chi connectivity index (χ1n) is 6.82. The lowest BCUT2D eigenvalue weighted by Crippen LogP contribution is -2.49. The van der Waals surface area contributed by atoms with Crippen molar-refractivity contribution in [3.05, 3.63) is 0 Å². The van der Waals surface area contributed by atoms with Crippen LogP contribution in [0.2, 0.25) is 0 Å². The van der Waals surface area contributed by atoms with E-state index in [9.17, 15) is 9.59 Å². The maximum Gasteiger partial charge on any atom is 0.235 e. The van der Waals surface area contributed by atoms with Crippen molar-refractivity contribution in [1.82, 2.24) is 10.2 Å². The Morgan fingerprint density at radius 3 is 2.53 bits per heavy atom. The largest absolute Gasteiger partial charge is 0.392 e. The maximum atomic E-state index is 12.7. The minimum absolute atomic E-state index is 0.0516. The zero-order valence-corrected chi connectivity index (χ0v) is 12.1. The Morgan fingerprint density at radius 1 is 1.37 bits per heavy atom. The van der Waals surface area contributed by atoms with Crippen LogP contribution in [-0.2, 0) is 9.59 Å². The molecule has 1 heterocycles. The van der Waals surface area contributed by atoms with Crippen LogP contribution in [0.1, 0.15) is 39.0 Å². The molecule has 0 spiro atoms. The van der Waals surface area contributed by atoms with Gasteiger partial charge in [0.15, 0.2) is 0 Å². The van der Waals surface area contributed by atoms with Crippen molar-refractivity contribution in [1.29, 1.82) is 0 Å². The van der Waals surface area contributed by atoms with Crippen molar-refractivity contribution in [3.63, 3.8) is 0 Å². The summed E-state index contributed by atoms with van der Waals surface area (Å²) in [5.41, 5.74) is 5.21. The molecule has 0 bridgehead atoms. The molecular weight excluding hydrogens is 262 g/mol. The number of amides is 2. The van der Waals surface area contributed by atoms with E-state index in [1.54, 1.807) is 0 Å². The Morgan fingerprint density at radius 2 is 2.00 bits per heavy atom. The van der Waals surface area contributed by atoms with Gasteiger partial charge in [0.1, 0.15) is 0 Å². The van der Waals surface area contributed by atoms with Crippen LogP contribution >= 0.6 is 12.2 Å². The molecule has 1 aliphatic heterocycles. The molecule has 1 aliphatic carbocycles. The van der Waals surface area contributed by atoms with Gasteiger partial charge in [-0.25, -0.2) is 0 Å². The quantitative estimate of drug-likeness (QED) is 0.743. The standard InChI is InChI=1S/C13H21N3O2S/c1-9(17)15-10-4-7-16(8-10)12(18)13(11(14)19)5-2-3-6-13/h10H,2-8H2,1H3,(H2,14,19)(H,15,17). The molecule has 5 nitrogen and oxygen atoms in total. The van der Waals surface area contributed by atoms with Crippen LogP contribution in [0.15, 0.2) is 0 Å². The van der Waals surface area contributed by atoms with Gasteiger partial charge < -0.3 is 16.0 Å². The first-order chi connectivity index (χ1) is 8.95. The van der Waals surface area contributed by atoms with E-state index >= 15 is 0 Å². The molecule has 19 heavy (non-hydrogen) atoms. The second-order valence-corrected chi connectivity index (χ2v) is 6.03. The van der Waals surface area contributed by atoms with Gasteiger partial charge in [0.2, 0.25) is 11.8 Å². The number of hydrogen-bond acceptors (Lipinski definition) is 3. The number of thiocarbonyl (C=S) groups is 1. The van der Waals surface area contributed by atoms with Gasteiger partial charge in [-0.05, 0) is 19.3 Å². The molecule has 106 valence electrons. The minimum Gasteiger partial charge on any atom is -0.392 e. The van der Waals surface area contributed by atoms with Gasteiger partial charge >= 0.3 is 0 Å². The normalized spacial score (nSPS) is 25.3. The molecule has 0 aromatic heterocycles. The van der Waals surface area contributed by atoms with Gasteiger partial charge in [-0.2, -0.15) is 0 Å². The smallest absolute Gasteiger partial charge is 0.235 e. The van der Waals surface area contributed by atoms with Crippen LogP contribution in [0.5, 0.6) is 0 Å². The Hall–Kier alpha value is -1.17. The van der Waals surface area contributed by atoms with Crippen molar-refractivity contribution >= 4 is 29.0 Å². The van der Waals surface area contributed by atoms with Crippen LogP contribution in [0, 0.1) is 5.41 Å². The van der Waals surface area contributed by atoms with E-state index in [1.165, 1.54) is 6.92 Å². The zero-order chi connectivity index (χ0) is 14.0. The molecule has 1 atom stereocenters. The third-order valence-electron chi connectivity index (χ3n) is 4.22. The Bertz CT molecular complexity index is 405. The molecule has 3 N–H and O–H groups in total. The monoisotopic (exact) mass is 283 g/mol. The Kier molecular flexibility index (Phi) is 4.08. The zero-order valence-electron chi connectivity index (χ0n) is 11.3. The number of nitrogens with two attached hydrogens (primary N) is 1. The fraction of sp³-hybridized carbons (Fsp3) is 0.769. The SMILES string of the molecule is CC(=O)NC1CCN(C(=O)C2(C(N)=S)CCCC2)C1. The topological polar surface area (TPSA) is 75.4 Å². The molecule has 2 rings (SSSR count). The third-order valence-corrected chi connectivity index (χ3v) is 4.61. The summed E-state index contributed by atoms with van der Waals surface area (Å²) in [4.78, 5) is 25.9. The van der Waals surface area contributed by atoms with Crippen LogP contribution < -0.4 is 11.1 Å². The Labute approximate surface area is 118 Å². The molecule has 0 aromatic rings. The van der Waals surface area contributed by atoms with E-state index in [1.807, 2.05) is 4.90 Å². The van der Waals surface area contributed by atoms with E-state index in [4.69, 9.17) is 18.0 Å². The number of likely N-dealkylation sites (tertiary alicyclic amines) is 1. The van der Waals surface area contributed by atoms with E-state index in [0.29, 0.717) is 18.1 Å². The summed E-state index contributed by atoms with van der Waals surface area (Å²) in [5.74, 6) is 0.00887. The van der Waals surface area contributed by atoms with Crippen LogP contribution in [0.25, 0.3) is 0 Å². The molecule has 2 amide bonds. The summed E-state index contributed by atoms with van der Waals surface area (Å²) in [6, 6.07) is 0.0613. The summed E-state index contributed by atoms with van der Waals surface area (Å²) in [7, 11) is 0. The molecule has 1 saturated heterocycles. The van der Waals surface area contributed by atoms with Crippen LogP contribution in [-0.4, -0.2) is 40.8 Å². The lowest BCUT2D eigenvalue weighted by atomic mass is 9.84. The van der Waals surface area contributed by atoms with Gasteiger partial charge in [-0.1, -0.05) is 25.1 Å². The number of nitrogens with zero attached hydrogens (tertiary/aromatic N) is 1. The van der Waals surface area contributed by atoms with Crippen molar-refractivity contribution in [3.8, 4) is 0 Å². The van der Waals surface area contributed by atoms with E-state index in [0.717, 1.165) is 32.1 Å². The molecule has 0 aromatic carbocycles. The molecule has 0 radical (unpaired) electrons. The highest BCUT2D eigenvalue weighted by Crippen LogP contribution is 2.40. The first-order valence-corrected chi connectivity index (χ1v) is 7.23. The fourth-order valence-electron chi connectivity index (χ4n) is 3.20. The predicted molar refractivity (Wildman–Crippen MR) is 76.5 cm³/mol. The molecular formula is C13H21N3O2S. The number of hydrogen-bond donors (Lipinski definition) is 2. The van der Waals surface area contributed by atoms with Crippen molar-refractivity contribution in [2.24, 2.45) is 11.1 Å². The average molecular weight is 283 g/mol. The molecule has 6 heteroatoms. The lowest BCUT2D eigenvalue weighted by Gasteiger charge is -2.31. The highest BCUT2D eigenvalue weighted by atomic mass is 32.1. The van der Waals surface area contributed by atoms with Crippen molar-refractivity contribution in [2.75, 3.05) is 13.1 Å². The number of rotatable bonds is 3. The second-order valence-electron chi connectivity index (χ2n) is 5.59. The summed E-state index contributed by atoms with van der Waals surface area (Å²) in [5, 5.41) is 2.86. The number of carbonyl (C=O) groups excluding carboxylic acids is 2. The van der Waals surface area contributed by atoms with E-state index in [2.05, 4.69) is 5.32 Å². The Balaban J connectivity index is 2.04. The van der Waals surface area contributed by atoms with Gasteiger partial charge in [0, 0.05) is 26.1 Å². The van der Waals surface area contributed by atoms with Gasteiger partial charge in [-0.15, -0.1) is 0 Å². The van der Waals surface area contributed by atoms with Gasteiger partial charge in [0.25, 0.3) is 0 Å². The van der Waals surface area contributed by atoms with Gasteiger partial charge in [-0.3, -0.25) is 9.59 Å². The van der Waals surface area contributed by atoms with Crippen molar-refractivity contribution in [2.45, 2.75) is 45.1 Å². The van der Waals surface area contributed by atoms with Crippen LogP contribution in [0.3, 0.4) is 0 Å². The van der Waals surface area contributed by atoms with Gasteiger partial charge in [0.05, 0.1) is 10.4 Å².